The van der Waals surface area contributed by atoms with Gasteiger partial charge in [0.25, 0.3) is 5.91 Å². The summed E-state index contributed by atoms with van der Waals surface area (Å²) in [4.78, 5) is 12.3. The van der Waals surface area contributed by atoms with Gasteiger partial charge in [0.15, 0.2) is 0 Å². The summed E-state index contributed by atoms with van der Waals surface area (Å²) >= 11 is 3.32. The molecule has 0 fully saturated rings. The lowest BCUT2D eigenvalue weighted by Crippen LogP contribution is -2.15. The Hall–Kier alpha value is -1.88. The second-order valence-corrected chi connectivity index (χ2v) is 5.34. The number of benzene rings is 2. The number of carbonyl (C=O) groups is 1. The number of para-hydroxylation sites is 1. The maximum absolute atomic E-state index is 13.6. The highest BCUT2D eigenvalue weighted by Crippen LogP contribution is 2.25. The first-order valence-corrected chi connectivity index (χ1v) is 7.39. The van der Waals surface area contributed by atoms with E-state index in [9.17, 15) is 9.18 Å². The fourth-order valence-electron chi connectivity index (χ4n) is 1.77. The van der Waals surface area contributed by atoms with Crippen molar-refractivity contribution in [2.75, 3.05) is 11.9 Å². The molecule has 2 aromatic carbocycles. The summed E-state index contributed by atoms with van der Waals surface area (Å²) in [7, 11) is 0. The zero-order valence-corrected chi connectivity index (χ0v) is 13.1. The Balaban J connectivity index is 2.25. The molecule has 110 valence electrons. The minimum atomic E-state index is -0.475. The van der Waals surface area contributed by atoms with Crippen molar-refractivity contribution in [2.45, 2.75) is 13.3 Å². The molecule has 0 saturated carbocycles. The molecule has 0 aliphatic heterocycles. The molecule has 21 heavy (non-hydrogen) atoms. The molecule has 0 heterocycles. The average molecular weight is 352 g/mol. The summed E-state index contributed by atoms with van der Waals surface area (Å²) in [6.45, 7) is 2.50. The first kappa shape index (κ1) is 15.5. The van der Waals surface area contributed by atoms with E-state index in [1.165, 1.54) is 12.1 Å². The van der Waals surface area contributed by atoms with Gasteiger partial charge in [-0.25, -0.2) is 4.39 Å². The molecule has 5 heteroatoms. The fraction of sp³-hybridized carbons (Fsp3) is 0.188. The maximum atomic E-state index is 13.6. The van der Waals surface area contributed by atoms with Crippen LogP contribution in [-0.4, -0.2) is 12.5 Å². The second kappa shape index (κ2) is 7.22. The van der Waals surface area contributed by atoms with Crippen LogP contribution in [-0.2, 0) is 0 Å². The molecule has 1 N–H and O–H groups in total. The molecule has 3 nitrogen and oxygen atoms in total. The zero-order chi connectivity index (χ0) is 15.2. The van der Waals surface area contributed by atoms with Gasteiger partial charge in [0.2, 0.25) is 0 Å². The van der Waals surface area contributed by atoms with Crippen LogP contribution in [0.4, 0.5) is 10.1 Å². The molecule has 0 unspecified atom stereocenters. The number of hydrogen-bond acceptors (Lipinski definition) is 2. The molecule has 0 bridgehead atoms. The van der Waals surface area contributed by atoms with Crippen LogP contribution in [0.3, 0.4) is 0 Å². The first-order chi connectivity index (χ1) is 10.1. The number of carbonyl (C=O) groups excluding carboxylic acids is 1. The fourth-order valence-corrected chi connectivity index (χ4v) is 2.13. The van der Waals surface area contributed by atoms with Gasteiger partial charge in [-0.15, -0.1) is 0 Å². The molecule has 0 spiro atoms. The summed E-state index contributed by atoms with van der Waals surface area (Å²) in [5.41, 5.74) is 0.505. The van der Waals surface area contributed by atoms with E-state index in [4.69, 9.17) is 4.74 Å². The maximum Gasteiger partial charge on any atom is 0.259 e. The monoisotopic (exact) mass is 351 g/mol. The van der Waals surface area contributed by atoms with Gasteiger partial charge >= 0.3 is 0 Å². The summed E-state index contributed by atoms with van der Waals surface area (Å²) in [6, 6.07) is 11.2. The van der Waals surface area contributed by atoms with Gasteiger partial charge in [0.1, 0.15) is 11.6 Å². The standard InChI is InChI=1S/C16H15BrFNO2/c1-2-9-21-15-8-7-11(17)10-12(15)16(20)19-14-6-4-3-5-13(14)18/h3-8,10H,2,9H2,1H3,(H,19,20). The van der Waals surface area contributed by atoms with Gasteiger partial charge in [-0.2, -0.15) is 0 Å². The van der Waals surface area contributed by atoms with Crippen molar-refractivity contribution in [3.63, 3.8) is 0 Å². The van der Waals surface area contributed by atoms with Crippen molar-refractivity contribution >= 4 is 27.5 Å². The van der Waals surface area contributed by atoms with Crippen molar-refractivity contribution in [1.82, 2.24) is 0 Å². The van der Waals surface area contributed by atoms with Crippen LogP contribution >= 0.6 is 15.9 Å². The van der Waals surface area contributed by atoms with Gasteiger partial charge in [-0.3, -0.25) is 4.79 Å². The van der Waals surface area contributed by atoms with E-state index in [1.54, 1.807) is 30.3 Å². The largest absolute Gasteiger partial charge is 0.493 e. The average Bonchev–Trinajstić information content (AvgIpc) is 2.48. The van der Waals surface area contributed by atoms with E-state index in [1.807, 2.05) is 6.92 Å². The van der Waals surface area contributed by atoms with Crippen LogP contribution in [0.5, 0.6) is 5.75 Å². The van der Waals surface area contributed by atoms with Crippen molar-refractivity contribution in [3.05, 3.63) is 58.3 Å². The normalized spacial score (nSPS) is 10.2. The minimum Gasteiger partial charge on any atom is -0.493 e. The van der Waals surface area contributed by atoms with E-state index < -0.39 is 11.7 Å². The summed E-state index contributed by atoms with van der Waals surface area (Å²) in [5, 5.41) is 2.56. The van der Waals surface area contributed by atoms with E-state index >= 15 is 0 Å². The lowest BCUT2D eigenvalue weighted by atomic mass is 10.2. The smallest absolute Gasteiger partial charge is 0.259 e. The summed E-state index contributed by atoms with van der Waals surface area (Å²) < 4.78 is 19.9. The molecule has 0 aliphatic rings. The molecule has 2 rings (SSSR count). The molecular formula is C16H15BrFNO2. The summed E-state index contributed by atoms with van der Waals surface area (Å²) in [5.74, 6) is -0.404. The first-order valence-electron chi connectivity index (χ1n) is 6.60. The molecule has 0 atom stereocenters. The van der Waals surface area contributed by atoms with E-state index in [2.05, 4.69) is 21.2 Å². The van der Waals surface area contributed by atoms with Crippen LogP contribution in [0, 0.1) is 5.82 Å². The van der Waals surface area contributed by atoms with Crippen LogP contribution in [0.2, 0.25) is 0 Å². The number of anilines is 1. The van der Waals surface area contributed by atoms with Crippen LogP contribution in [0.25, 0.3) is 0 Å². The highest BCUT2D eigenvalue weighted by molar-refractivity contribution is 9.10. The molecule has 0 aromatic heterocycles. The lowest BCUT2D eigenvalue weighted by Gasteiger charge is -2.12. The Morgan fingerprint density at radius 1 is 1.29 bits per heavy atom. The Labute approximate surface area is 131 Å². The van der Waals surface area contributed by atoms with Crippen LogP contribution < -0.4 is 10.1 Å². The number of rotatable bonds is 5. The third-order valence-electron chi connectivity index (χ3n) is 2.77. The second-order valence-electron chi connectivity index (χ2n) is 4.42. The van der Waals surface area contributed by atoms with E-state index in [-0.39, 0.29) is 5.69 Å². The summed E-state index contributed by atoms with van der Waals surface area (Å²) in [6.07, 6.45) is 0.838. The number of nitrogens with one attached hydrogen (secondary N) is 1. The SMILES string of the molecule is CCCOc1ccc(Br)cc1C(=O)Nc1ccccc1F. The van der Waals surface area contributed by atoms with Gasteiger partial charge in [0, 0.05) is 4.47 Å². The quantitative estimate of drug-likeness (QED) is 0.852. The zero-order valence-electron chi connectivity index (χ0n) is 11.5. The molecule has 0 aliphatic carbocycles. The lowest BCUT2D eigenvalue weighted by molar-refractivity contribution is 0.102. The van der Waals surface area contributed by atoms with Crippen molar-refractivity contribution in [1.29, 1.82) is 0 Å². The molecule has 1 amide bonds. The van der Waals surface area contributed by atoms with Gasteiger partial charge in [-0.1, -0.05) is 35.0 Å². The van der Waals surface area contributed by atoms with E-state index in [0.717, 1.165) is 10.9 Å². The van der Waals surface area contributed by atoms with Crippen LogP contribution in [0.1, 0.15) is 23.7 Å². The molecule has 0 radical (unpaired) electrons. The van der Waals surface area contributed by atoms with Crippen molar-refractivity contribution < 1.29 is 13.9 Å². The number of hydrogen-bond donors (Lipinski definition) is 1. The van der Waals surface area contributed by atoms with Gasteiger partial charge in [-0.05, 0) is 36.8 Å². The highest BCUT2D eigenvalue weighted by atomic mass is 79.9. The van der Waals surface area contributed by atoms with Crippen LogP contribution in [0.15, 0.2) is 46.9 Å². The van der Waals surface area contributed by atoms with E-state index in [0.29, 0.717) is 17.9 Å². The van der Waals surface area contributed by atoms with Crippen molar-refractivity contribution in [2.24, 2.45) is 0 Å². The number of halogens is 2. The Kier molecular flexibility index (Phi) is 5.33. The number of ether oxygens (including phenoxy) is 1. The van der Waals surface area contributed by atoms with Gasteiger partial charge in [0.05, 0.1) is 17.9 Å². The third kappa shape index (κ3) is 4.04. The molecule has 0 saturated heterocycles. The predicted octanol–water partition coefficient (Wildman–Crippen LogP) is 4.63. The van der Waals surface area contributed by atoms with Crippen molar-refractivity contribution in [3.8, 4) is 5.75 Å². The molecule has 2 aromatic rings. The Morgan fingerprint density at radius 2 is 2.05 bits per heavy atom. The molecular weight excluding hydrogens is 337 g/mol. The Morgan fingerprint density at radius 3 is 2.76 bits per heavy atom. The van der Waals surface area contributed by atoms with Gasteiger partial charge < -0.3 is 10.1 Å². The highest BCUT2D eigenvalue weighted by Gasteiger charge is 2.15. The minimum absolute atomic E-state index is 0.143. The number of amides is 1. The third-order valence-corrected chi connectivity index (χ3v) is 3.26. The topological polar surface area (TPSA) is 38.3 Å². The predicted molar refractivity (Wildman–Crippen MR) is 84.3 cm³/mol. The Bertz CT molecular complexity index is 646.